The van der Waals surface area contributed by atoms with Crippen molar-refractivity contribution in [3.8, 4) is 0 Å². The summed E-state index contributed by atoms with van der Waals surface area (Å²) in [6, 6.07) is 6.36. The molecule has 1 atom stereocenters. The number of imidazole rings is 1. The van der Waals surface area contributed by atoms with Gasteiger partial charge in [-0.1, -0.05) is 6.07 Å². The molecule has 0 aliphatic rings. The summed E-state index contributed by atoms with van der Waals surface area (Å²) in [4.78, 5) is 4.95. The normalized spacial score (nSPS) is 12.6. The molecule has 18 heavy (non-hydrogen) atoms. The molecule has 0 amide bonds. The number of hydrogen-bond acceptors (Lipinski definition) is 3. The Balaban J connectivity index is 1.98. The minimum absolute atomic E-state index is 0.260. The van der Waals surface area contributed by atoms with E-state index < -0.39 is 6.10 Å². The van der Waals surface area contributed by atoms with E-state index in [1.807, 2.05) is 23.8 Å². The first-order chi connectivity index (χ1) is 8.70. The van der Waals surface area contributed by atoms with Crippen LogP contribution in [-0.2, 0) is 6.54 Å². The summed E-state index contributed by atoms with van der Waals surface area (Å²) in [5, 5.41) is 10.1. The van der Waals surface area contributed by atoms with E-state index in [9.17, 15) is 9.50 Å². The van der Waals surface area contributed by atoms with Gasteiger partial charge in [0.2, 0.25) is 0 Å². The molecule has 5 heteroatoms. The molecule has 0 saturated heterocycles. The van der Waals surface area contributed by atoms with Gasteiger partial charge in [0.05, 0.1) is 0 Å². The van der Waals surface area contributed by atoms with Gasteiger partial charge in [-0.15, -0.1) is 11.8 Å². The van der Waals surface area contributed by atoms with Crippen LogP contribution in [0, 0.1) is 5.82 Å². The lowest BCUT2D eigenvalue weighted by Crippen LogP contribution is -2.09. The number of rotatable bonds is 5. The van der Waals surface area contributed by atoms with Crippen molar-refractivity contribution in [3.05, 3.63) is 48.3 Å². The van der Waals surface area contributed by atoms with Gasteiger partial charge in [-0.3, -0.25) is 0 Å². The van der Waals surface area contributed by atoms with Crippen LogP contribution in [0.4, 0.5) is 4.39 Å². The highest BCUT2D eigenvalue weighted by molar-refractivity contribution is 7.99. The van der Waals surface area contributed by atoms with Crippen LogP contribution in [0.1, 0.15) is 18.9 Å². The Morgan fingerprint density at radius 3 is 3.06 bits per heavy atom. The summed E-state index contributed by atoms with van der Waals surface area (Å²) in [5.74, 6) is 0.853. The number of nitrogens with zero attached hydrogens (tertiary/aromatic N) is 2. The number of aryl methyl sites for hydroxylation is 1. The molecule has 0 spiro atoms. The largest absolute Gasteiger partial charge is 0.384 e. The van der Waals surface area contributed by atoms with Gasteiger partial charge in [0.1, 0.15) is 17.7 Å². The van der Waals surface area contributed by atoms with Crippen LogP contribution >= 0.6 is 11.8 Å². The molecule has 1 unspecified atom stereocenters. The zero-order chi connectivity index (χ0) is 13.0. The zero-order valence-corrected chi connectivity index (χ0v) is 10.9. The predicted octanol–water partition coefficient (Wildman–Crippen LogP) is 2.87. The Hall–Kier alpha value is -1.33. The average Bonchev–Trinajstić information content (AvgIpc) is 2.84. The summed E-state index contributed by atoms with van der Waals surface area (Å²) < 4.78 is 14.9. The number of benzene rings is 1. The second-order valence-corrected chi connectivity index (χ2v) is 4.95. The Morgan fingerprint density at radius 1 is 1.50 bits per heavy atom. The van der Waals surface area contributed by atoms with Crippen molar-refractivity contribution < 1.29 is 9.50 Å². The number of aliphatic hydroxyl groups is 1. The van der Waals surface area contributed by atoms with E-state index in [0.717, 1.165) is 11.4 Å². The van der Waals surface area contributed by atoms with Crippen molar-refractivity contribution in [2.45, 2.75) is 24.5 Å². The van der Waals surface area contributed by atoms with Gasteiger partial charge in [-0.2, -0.15) is 0 Å². The molecule has 1 aromatic carbocycles. The minimum Gasteiger partial charge on any atom is -0.384 e. The van der Waals surface area contributed by atoms with Crippen LogP contribution in [0.5, 0.6) is 0 Å². The van der Waals surface area contributed by atoms with Crippen molar-refractivity contribution in [1.82, 2.24) is 9.55 Å². The first-order valence-corrected chi connectivity index (χ1v) is 6.76. The maximum absolute atomic E-state index is 13.0. The average molecular weight is 266 g/mol. The van der Waals surface area contributed by atoms with Crippen LogP contribution in [0.2, 0.25) is 0 Å². The summed E-state index contributed by atoms with van der Waals surface area (Å²) in [7, 11) is 0. The van der Waals surface area contributed by atoms with Crippen LogP contribution in [0.3, 0.4) is 0 Å². The molecule has 2 rings (SSSR count). The van der Waals surface area contributed by atoms with Crippen LogP contribution < -0.4 is 0 Å². The lowest BCUT2D eigenvalue weighted by molar-refractivity contribution is 0.189. The SMILES string of the molecule is CCn1ccnc1C(O)CSc1cccc(F)c1. The molecule has 0 aliphatic carbocycles. The number of aromatic nitrogens is 2. The molecule has 0 bridgehead atoms. The van der Waals surface area contributed by atoms with Gasteiger partial charge in [0, 0.05) is 29.6 Å². The summed E-state index contributed by atoms with van der Waals surface area (Å²) in [6.45, 7) is 2.77. The summed E-state index contributed by atoms with van der Waals surface area (Å²) in [5.41, 5.74) is 0. The second kappa shape index (κ2) is 6.02. The summed E-state index contributed by atoms with van der Waals surface area (Å²) >= 11 is 1.42. The molecule has 0 radical (unpaired) electrons. The van der Waals surface area contributed by atoms with Crippen LogP contribution in [0.25, 0.3) is 0 Å². The highest BCUT2D eigenvalue weighted by atomic mass is 32.2. The van der Waals surface area contributed by atoms with Crippen molar-refractivity contribution >= 4 is 11.8 Å². The van der Waals surface area contributed by atoms with E-state index in [2.05, 4.69) is 4.98 Å². The fourth-order valence-corrected chi connectivity index (χ4v) is 2.56. The molecule has 0 saturated carbocycles. The Bertz CT molecular complexity index is 515. The summed E-state index contributed by atoms with van der Waals surface area (Å²) in [6.07, 6.45) is 2.87. The molecule has 96 valence electrons. The minimum atomic E-state index is -0.645. The van der Waals surface area contributed by atoms with Gasteiger partial charge < -0.3 is 9.67 Å². The van der Waals surface area contributed by atoms with Crippen molar-refractivity contribution in [1.29, 1.82) is 0 Å². The van der Waals surface area contributed by atoms with Crippen molar-refractivity contribution in [2.24, 2.45) is 0 Å². The predicted molar refractivity (Wildman–Crippen MR) is 70.0 cm³/mol. The molecular weight excluding hydrogens is 251 g/mol. The smallest absolute Gasteiger partial charge is 0.138 e. The highest BCUT2D eigenvalue weighted by Gasteiger charge is 2.13. The maximum atomic E-state index is 13.0. The van der Waals surface area contributed by atoms with Crippen molar-refractivity contribution in [2.75, 3.05) is 5.75 Å². The van der Waals surface area contributed by atoms with Gasteiger partial charge in [0.15, 0.2) is 0 Å². The number of aliphatic hydroxyl groups excluding tert-OH is 1. The number of thioether (sulfide) groups is 1. The number of hydrogen-bond donors (Lipinski definition) is 1. The van der Waals surface area contributed by atoms with E-state index in [0.29, 0.717) is 11.6 Å². The Morgan fingerprint density at radius 2 is 2.33 bits per heavy atom. The standard InChI is InChI=1S/C13H15FN2OS/c1-2-16-7-6-15-13(16)12(17)9-18-11-5-3-4-10(14)8-11/h3-8,12,17H,2,9H2,1H3. The van der Waals surface area contributed by atoms with Gasteiger partial charge >= 0.3 is 0 Å². The molecule has 0 fully saturated rings. The maximum Gasteiger partial charge on any atom is 0.138 e. The fraction of sp³-hybridized carbons (Fsp3) is 0.308. The van der Waals surface area contributed by atoms with E-state index in [4.69, 9.17) is 0 Å². The van der Waals surface area contributed by atoms with Gasteiger partial charge in [-0.25, -0.2) is 9.37 Å². The fourth-order valence-electron chi connectivity index (χ4n) is 1.69. The molecule has 3 nitrogen and oxygen atoms in total. The highest BCUT2D eigenvalue weighted by Crippen LogP contribution is 2.24. The molecule has 1 N–H and O–H groups in total. The lowest BCUT2D eigenvalue weighted by Gasteiger charge is -2.11. The van der Waals surface area contributed by atoms with E-state index in [1.165, 1.54) is 23.9 Å². The third kappa shape index (κ3) is 3.11. The Labute approximate surface area is 110 Å². The van der Waals surface area contributed by atoms with Gasteiger partial charge in [0.25, 0.3) is 0 Å². The zero-order valence-electron chi connectivity index (χ0n) is 10.1. The van der Waals surface area contributed by atoms with Crippen LogP contribution in [0.15, 0.2) is 41.6 Å². The first-order valence-electron chi connectivity index (χ1n) is 5.78. The molecule has 0 aliphatic heterocycles. The van der Waals surface area contributed by atoms with E-state index >= 15 is 0 Å². The molecular formula is C13H15FN2OS. The number of halogens is 1. The monoisotopic (exact) mass is 266 g/mol. The quantitative estimate of drug-likeness (QED) is 0.846. The second-order valence-electron chi connectivity index (χ2n) is 3.86. The topological polar surface area (TPSA) is 38.0 Å². The molecule has 1 heterocycles. The van der Waals surface area contributed by atoms with E-state index in [-0.39, 0.29) is 5.82 Å². The third-order valence-corrected chi connectivity index (χ3v) is 3.66. The third-order valence-electron chi connectivity index (χ3n) is 2.59. The van der Waals surface area contributed by atoms with Gasteiger partial charge in [-0.05, 0) is 25.1 Å². The molecule has 1 aromatic heterocycles. The Kier molecular flexibility index (Phi) is 4.38. The van der Waals surface area contributed by atoms with Crippen LogP contribution in [-0.4, -0.2) is 20.4 Å². The van der Waals surface area contributed by atoms with Crippen molar-refractivity contribution in [3.63, 3.8) is 0 Å². The first kappa shape index (κ1) is 13.1. The lowest BCUT2D eigenvalue weighted by atomic mass is 10.3. The van der Waals surface area contributed by atoms with E-state index in [1.54, 1.807) is 12.3 Å². The molecule has 2 aromatic rings.